The predicted octanol–water partition coefficient (Wildman–Crippen LogP) is -0.829. The summed E-state index contributed by atoms with van der Waals surface area (Å²) >= 11 is 0. The van der Waals surface area contributed by atoms with E-state index in [1.165, 1.54) is 12.7 Å². The van der Waals surface area contributed by atoms with E-state index in [2.05, 4.69) is 20.3 Å². The molecule has 2 heterocycles. The number of rotatable bonds is 5. The van der Waals surface area contributed by atoms with Crippen LogP contribution in [0, 0.1) is 0 Å². The summed E-state index contributed by atoms with van der Waals surface area (Å²) in [5.74, 6) is 0.169. The molecule has 1 amide bonds. The molecule has 18 heavy (non-hydrogen) atoms. The zero-order chi connectivity index (χ0) is 13.0. The fourth-order valence-corrected chi connectivity index (χ4v) is 1.52. The molecule has 2 rings (SSSR count). The van der Waals surface area contributed by atoms with E-state index < -0.39 is 0 Å². The lowest BCUT2D eigenvalue weighted by Gasteiger charge is -2.05. The van der Waals surface area contributed by atoms with Gasteiger partial charge in [-0.3, -0.25) is 4.79 Å². The number of hydrogen-bond donors (Lipinski definition) is 2. The molecule has 2 aromatic rings. The third kappa shape index (κ3) is 2.54. The van der Waals surface area contributed by atoms with Crippen molar-refractivity contribution in [2.75, 3.05) is 26.0 Å². The average Bonchev–Trinajstić information content (AvgIpc) is 2.74. The highest BCUT2D eigenvalue weighted by Crippen LogP contribution is 2.13. The Labute approximate surface area is 103 Å². The summed E-state index contributed by atoms with van der Waals surface area (Å²) in [6.07, 6.45) is 2.87. The van der Waals surface area contributed by atoms with Crippen LogP contribution in [0.5, 0.6) is 0 Å². The van der Waals surface area contributed by atoms with Crippen LogP contribution in [0.4, 0.5) is 5.82 Å². The van der Waals surface area contributed by atoms with Gasteiger partial charge in [-0.2, -0.15) is 0 Å². The third-order valence-electron chi connectivity index (χ3n) is 2.37. The number of hydrogen-bond acceptors (Lipinski definition) is 6. The van der Waals surface area contributed by atoms with Crippen molar-refractivity contribution in [2.24, 2.45) is 0 Å². The Hall–Kier alpha value is -2.22. The first-order valence-corrected chi connectivity index (χ1v) is 5.39. The lowest BCUT2D eigenvalue weighted by Crippen LogP contribution is -2.30. The number of ether oxygens (including phenoxy) is 1. The SMILES string of the molecule is COCCNC(=O)Cn1cnc2c(N)ncnc21. The molecule has 8 nitrogen and oxygen atoms in total. The number of carbonyl (C=O) groups excluding carboxylic acids is 1. The first-order valence-electron chi connectivity index (χ1n) is 5.39. The van der Waals surface area contributed by atoms with Gasteiger partial charge in [0, 0.05) is 13.7 Å². The number of anilines is 1. The molecule has 0 aromatic carbocycles. The van der Waals surface area contributed by atoms with Crippen LogP contribution in [-0.4, -0.2) is 45.7 Å². The van der Waals surface area contributed by atoms with Gasteiger partial charge in [0.1, 0.15) is 18.4 Å². The van der Waals surface area contributed by atoms with E-state index in [4.69, 9.17) is 10.5 Å². The topological polar surface area (TPSA) is 108 Å². The number of methoxy groups -OCH3 is 1. The average molecular weight is 250 g/mol. The molecule has 96 valence electrons. The van der Waals surface area contributed by atoms with Crippen LogP contribution < -0.4 is 11.1 Å². The summed E-state index contributed by atoms with van der Waals surface area (Å²) in [4.78, 5) is 23.6. The summed E-state index contributed by atoms with van der Waals surface area (Å²) in [6, 6.07) is 0. The number of fused-ring (bicyclic) bond motifs is 1. The van der Waals surface area contributed by atoms with E-state index in [-0.39, 0.29) is 12.5 Å². The number of aromatic nitrogens is 4. The summed E-state index contributed by atoms with van der Waals surface area (Å²) in [6.45, 7) is 1.08. The maximum Gasteiger partial charge on any atom is 0.240 e. The number of nitrogens with zero attached hydrogens (tertiary/aromatic N) is 4. The molecule has 0 radical (unpaired) electrons. The van der Waals surface area contributed by atoms with E-state index in [9.17, 15) is 4.79 Å². The number of imidazole rings is 1. The highest BCUT2D eigenvalue weighted by Gasteiger charge is 2.10. The fourth-order valence-electron chi connectivity index (χ4n) is 1.52. The largest absolute Gasteiger partial charge is 0.383 e. The second-order valence-electron chi connectivity index (χ2n) is 3.65. The third-order valence-corrected chi connectivity index (χ3v) is 2.37. The van der Waals surface area contributed by atoms with Crippen molar-refractivity contribution in [1.29, 1.82) is 0 Å². The van der Waals surface area contributed by atoms with Crippen LogP contribution in [0.25, 0.3) is 11.2 Å². The van der Waals surface area contributed by atoms with Gasteiger partial charge < -0.3 is 20.4 Å². The number of nitrogen functional groups attached to an aromatic ring is 1. The fraction of sp³-hybridized carbons (Fsp3) is 0.400. The van der Waals surface area contributed by atoms with Crippen molar-refractivity contribution < 1.29 is 9.53 Å². The van der Waals surface area contributed by atoms with Crippen LogP contribution in [-0.2, 0) is 16.1 Å². The highest BCUT2D eigenvalue weighted by atomic mass is 16.5. The summed E-state index contributed by atoms with van der Waals surface area (Å²) in [5.41, 5.74) is 6.70. The number of amides is 1. The molecular weight excluding hydrogens is 236 g/mol. The van der Waals surface area contributed by atoms with Gasteiger partial charge in [-0.05, 0) is 0 Å². The monoisotopic (exact) mass is 250 g/mol. The lowest BCUT2D eigenvalue weighted by molar-refractivity contribution is -0.121. The Morgan fingerprint density at radius 1 is 1.50 bits per heavy atom. The predicted molar refractivity (Wildman–Crippen MR) is 64.6 cm³/mol. The van der Waals surface area contributed by atoms with Crippen molar-refractivity contribution in [2.45, 2.75) is 6.54 Å². The van der Waals surface area contributed by atoms with Gasteiger partial charge in [-0.15, -0.1) is 0 Å². The Bertz CT molecular complexity index is 552. The molecule has 0 bridgehead atoms. The molecule has 0 fully saturated rings. The first kappa shape index (κ1) is 12.2. The minimum atomic E-state index is -0.136. The second-order valence-corrected chi connectivity index (χ2v) is 3.65. The number of nitrogens with two attached hydrogens (primary N) is 1. The van der Waals surface area contributed by atoms with Crippen LogP contribution in [0.1, 0.15) is 0 Å². The van der Waals surface area contributed by atoms with E-state index >= 15 is 0 Å². The van der Waals surface area contributed by atoms with E-state index in [0.717, 1.165) is 0 Å². The Morgan fingerprint density at radius 2 is 2.33 bits per heavy atom. The zero-order valence-electron chi connectivity index (χ0n) is 9.96. The Morgan fingerprint density at radius 3 is 3.11 bits per heavy atom. The quantitative estimate of drug-likeness (QED) is 0.671. The van der Waals surface area contributed by atoms with Gasteiger partial charge in [-0.25, -0.2) is 15.0 Å². The summed E-state index contributed by atoms with van der Waals surface area (Å²) < 4.78 is 6.46. The maximum absolute atomic E-state index is 11.6. The molecular formula is C10H14N6O2. The van der Waals surface area contributed by atoms with Crippen LogP contribution in [0.15, 0.2) is 12.7 Å². The van der Waals surface area contributed by atoms with Gasteiger partial charge in [0.2, 0.25) is 5.91 Å². The zero-order valence-corrected chi connectivity index (χ0v) is 9.96. The van der Waals surface area contributed by atoms with Crippen LogP contribution in [0.2, 0.25) is 0 Å². The summed E-state index contributed by atoms with van der Waals surface area (Å²) in [7, 11) is 1.58. The van der Waals surface area contributed by atoms with Crippen molar-refractivity contribution in [3.05, 3.63) is 12.7 Å². The second kappa shape index (κ2) is 5.41. The molecule has 0 saturated heterocycles. The number of nitrogens with one attached hydrogen (secondary N) is 1. The Balaban J connectivity index is 2.08. The van der Waals surface area contributed by atoms with Crippen molar-refractivity contribution >= 4 is 22.9 Å². The molecule has 0 saturated carbocycles. The van der Waals surface area contributed by atoms with E-state index in [1.807, 2.05) is 0 Å². The van der Waals surface area contributed by atoms with Gasteiger partial charge in [0.15, 0.2) is 11.5 Å². The molecule has 0 atom stereocenters. The van der Waals surface area contributed by atoms with Gasteiger partial charge in [-0.1, -0.05) is 0 Å². The summed E-state index contributed by atoms with van der Waals surface area (Å²) in [5, 5.41) is 2.71. The smallest absolute Gasteiger partial charge is 0.240 e. The van der Waals surface area contributed by atoms with E-state index in [1.54, 1.807) is 11.7 Å². The molecule has 2 aromatic heterocycles. The maximum atomic E-state index is 11.6. The van der Waals surface area contributed by atoms with Crippen LogP contribution in [0.3, 0.4) is 0 Å². The molecule has 0 aliphatic rings. The lowest BCUT2D eigenvalue weighted by atomic mass is 10.5. The molecule has 3 N–H and O–H groups in total. The standard InChI is InChI=1S/C10H14N6O2/c1-18-3-2-12-7(17)4-16-6-15-8-9(11)13-5-14-10(8)16/h5-6H,2-4H2,1H3,(H,12,17)(H2,11,13,14). The normalized spacial score (nSPS) is 10.7. The highest BCUT2D eigenvalue weighted by molar-refractivity contribution is 5.83. The molecule has 0 aliphatic heterocycles. The van der Waals surface area contributed by atoms with Gasteiger partial charge in [0.25, 0.3) is 0 Å². The Kier molecular flexibility index (Phi) is 3.68. The van der Waals surface area contributed by atoms with Crippen molar-refractivity contribution in [1.82, 2.24) is 24.8 Å². The number of carbonyl (C=O) groups is 1. The molecule has 0 unspecified atom stereocenters. The molecule has 0 spiro atoms. The minimum absolute atomic E-state index is 0.136. The minimum Gasteiger partial charge on any atom is -0.383 e. The van der Waals surface area contributed by atoms with Crippen LogP contribution >= 0.6 is 0 Å². The molecule has 8 heteroatoms. The first-order chi connectivity index (χ1) is 8.72. The van der Waals surface area contributed by atoms with Gasteiger partial charge >= 0.3 is 0 Å². The van der Waals surface area contributed by atoms with E-state index in [0.29, 0.717) is 30.1 Å². The molecule has 0 aliphatic carbocycles. The van der Waals surface area contributed by atoms with Crippen molar-refractivity contribution in [3.8, 4) is 0 Å². The van der Waals surface area contributed by atoms with Gasteiger partial charge in [0.05, 0.1) is 12.9 Å². The van der Waals surface area contributed by atoms with Crippen molar-refractivity contribution in [3.63, 3.8) is 0 Å².